The van der Waals surface area contributed by atoms with Crippen molar-refractivity contribution in [1.29, 1.82) is 0 Å². The highest BCUT2D eigenvalue weighted by molar-refractivity contribution is 7.90. The zero-order valence-corrected chi connectivity index (χ0v) is 20.1. The van der Waals surface area contributed by atoms with E-state index in [2.05, 4.69) is 11.4 Å². The van der Waals surface area contributed by atoms with Gasteiger partial charge in [-0.05, 0) is 55.0 Å². The van der Waals surface area contributed by atoms with E-state index in [0.717, 1.165) is 35.3 Å². The maximum Gasteiger partial charge on any atom is 0.206 e. The zero-order chi connectivity index (χ0) is 23.6. The molecule has 0 spiro atoms. The topological polar surface area (TPSA) is 97.3 Å². The van der Waals surface area contributed by atoms with E-state index < -0.39 is 22.2 Å². The van der Waals surface area contributed by atoms with Crippen molar-refractivity contribution in [2.24, 2.45) is 0 Å². The molecule has 0 aliphatic carbocycles. The highest BCUT2D eigenvalue weighted by Crippen LogP contribution is 2.46. The van der Waals surface area contributed by atoms with Crippen molar-refractivity contribution in [3.8, 4) is 11.5 Å². The van der Waals surface area contributed by atoms with Crippen LogP contribution in [0.25, 0.3) is 0 Å². The number of methoxy groups -OCH3 is 1. The number of aliphatic hydroxyl groups excluding tert-OH is 1. The Kier molecular flexibility index (Phi) is 7.02. The quantitative estimate of drug-likeness (QED) is 0.599. The van der Waals surface area contributed by atoms with Crippen LogP contribution in [0.4, 0.5) is 11.4 Å². The van der Waals surface area contributed by atoms with Gasteiger partial charge in [-0.3, -0.25) is 0 Å². The minimum atomic E-state index is -3.38. The number of benzene rings is 2. The predicted molar refractivity (Wildman–Crippen MR) is 128 cm³/mol. The van der Waals surface area contributed by atoms with Crippen molar-refractivity contribution in [2.45, 2.75) is 38.1 Å². The summed E-state index contributed by atoms with van der Waals surface area (Å²) in [4.78, 5) is 1.75. The van der Waals surface area contributed by atoms with Gasteiger partial charge in [0.2, 0.25) is 6.35 Å². The van der Waals surface area contributed by atoms with Crippen LogP contribution in [0.2, 0.25) is 0 Å². The van der Waals surface area contributed by atoms with Crippen molar-refractivity contribution in [3.63, 3.8) is 0 Å². The number of sulfone groups is 1. The summed E-state index contributed by atoms with van der Waals surface area (Å²) in [7, 11) is -1.81. The molecule has 9 heteroatoms. The van der Waals surface area contributed by atoms with E-state index in [4.69, 9.17) is 14.2 Å². The highest BCUT2D eigenvalue weighted by Gasteiger charge is 2.38. The summed E-state index contributed by atoms with van der Waals surface area (Å²) in [5, 5.41) is 14.3. The first kappa shape index (κ1) is 23.7. The normalized spacial score (nSPS) is 19.6. The van der Waals surface area contributed by atoms with Crippen molar-refractivity contribution in [1.82, 2.24) is 0 Å². The first-order valence-electron chi connectivity index (χ1n) is 11.2. The molecule has 1 saturated heterocycles. The third-order valence-electron chi connectivity index (χ3n) is 6.22. The van der Waals surface area contributed by atoms with Crippen LogP contribution >= 0.6 is 0 Å². The van der Waals surface area contributed by atoms with Gasteiger partial charge in [0.1, 0.15) is 9.84 Å². The molecule has 180 valence electrons. The lowest BCUT2D eigenvalue weighted by Gasteiger charge is -2.32. The van der Waals surface area contributed by atoms with Gasteiger partial charge in [-0.25, -0.2) is 8.42 Å². The zero-order valence-electron chi connectivity index (χ0n) is 19.3. The van der Waals surface area contributed by atoms with E-state index in [1.54, 1.807) is 24.1 Å². The highest BCUT2D eigenvalue weighted by atomic mass is 32.2. The van der Waals surface area contributed by atoms with Crippen LogP contribution in [-0.2, 0) is 14.6 Å². The summed E-state index contributed by atoms with van der Waals surface area (Å²) in [6, 6.07) is 10.7. The lowest BCUT2D eigenvalue weighted by molar-refractivity contribution is 0.0854. The molecule has 2 aliphatic rings. The van der Waals surface area contributed by atoms with Gasteiger partial charge in [0.05, 0.1) is 36.9 Å². The van der Waals surface area contributed by atoms with Gasteiger partial charge >= 0.3 is 0 Å². The van der Waals surface area contributed by atoms with Gasteiger partial charge in [-0.15, -0.1) is 0 Å². The minimum Gasteiger partial charge on any atom is -0.493 e. The van der Waals surface area contributed by atoms with E-state index >= 15 is 0 Å². The second-order valence-corrected chi connectivity index (χ2v) is 10.7. The Morgan fingerprint density at radius 2 is 1.97 bits per heavy atom. The number of para-hydroxylation sites is 1. The van der Waals surface area contributed by atoms with Crippen LogP contribution in [-0.4, -0.2) is 58.8 Å². The van der Waals surface area contributed by atoms with Crippen LogP contribution in [0.3, 0.4) is 0 Å². The lowest BCUT2D eigenvalue weighted by Crippen LogP contribution is -2.41. The maximum atomic E-state index is 12.4. The largest absolute Gasteiger partial charge is 0.493 e. The number of nitrogens with zero attached hydrogens (tertiary/aromatic N) is 1. The molecule has 0 bridgehead atoms. The molecule has 8 nitrogen and oxygen atoms in total. The Labute approximate surface area is 195 Å². The second-order valence-electron chi connectivity index (χ2n) is 8.50. The Morgan fingerprint density at radius 1 is 1.21 bits per heavy atom. The summed E-state index contributed by atoms with van der Waals surface area (Å²) in [5.41, 5.74) is 3.48. The Hall–Kier alpha value is -2.49. The summed E-state index contributed by atoms with van der Waals surface area (Å²) in [5.74, 6) is 1.27. The van der Waals surface area contributed by atoms with Gasteiger partial charge in [0.25, 0.3) is 0 Å². The monoisotopic (exact) mass is 476 g/mol. The molecule has 0 saturated carbocycles. The molecule has 4 rings (SSSR count). The van der Waals surface area contributed by atoms with Crippen molar-refractivity contribution in [3.05, 3.63) is 47.5 Å². The Morgan fingerprint density at radius 3 is 2.64 bits per heavy atom. The molecule has 2 aromatic rings. The van der Waals surface area contributed by atoms with Crippen LogP contribution in [0.15, 0.2) is 36.4 Å². The molecular weight excluding hydrogens is 444 g/mol. The van der Waals surface area contributed by atoms with E-state index in [-0.39, 0.29) is 5.75 Å². The number of rotatable bonds is 8. The first-order valence-corrected chi connectivity index (χ1v) is 13.3. The Bertz CT molecular complexity index is 1080. The standard InChI is InChI=1S/C24H32N2O6S/c1-4-32-22-14-17(8-9-21(22)30-2)20(15-33(3,28)29)26-19-7-5-6-18(23(19)25-24(26)27)16-10-12-31-13-11-16/h5-9,14,16,20,24-25,27H,4,10-13,15H2,1-3H3/t20-,24?/m1/s1. The van der Waals surface area contributed by atoms with Crippen molar-refractivity contribution in [2.75, 3.05) is 49.2 Å². The third kappa shape index (κ3) is 5.05. The average molecular weight is 477 g/mol. The van der Waals surface area contributed by atoms with Crippen LogP contribution in [0.5, 0.6) is 11.5 Å². The fourth-order valence-corrected chi connectivity index (χ4v) is 5.67. The third-order valence-corrected chi connectivity index (χ3v) is 7.14. The molecule has 2 atom stereocenters. The molecule has 0 amide bonds. The van der Waals surface area contributed by atoms with E-state index in [1.165, 1.54) is 6.26 Å². The summed E-state index contributed by atoms with van der Waals surface area (Å²) >= 11 is 0. The van der Waals surface area contributed by atoms with Crippen molar-refractivity contribution >= 4 is 21.2 Å². The summed E-state index contributed by atoms with van der Waals surface area (Å²) in [6.45, 7) is 3.75. The van der Waals surface area contributed by atoms with Gasteiger partial charge in [0, 0.05) is 19.5 Å². The lowest BCUT2D eigenvalue weighted by atomic mass is 9.90. The number of anilines is 2. The molecule has 0 radical (unpaired) electrons. The molecule has 1 unspecified atom stereocenters. The van der Waals surface area contributed by atoms with Crippen LogP contribution < -0.4 is 19.7 Å². The fraction of sp³-hybridized carbons (Fsp3) is 0.500. The summed E-state index contributed by atoms with van der Waals surface area (Å²) in [6.07, 6.45) is 1.97. The number of fused-ring (bicyclic) bond motifs is 1. The minimum absolute atomic E-state index is 0.162. The molecule has 1 fully saturated rings. The number of ether oxygens (including phenoxy) is 3. The molecular formula is C24H32N2O6S. The molecule has 2 aliphatic heterocycles. The predicted octanol–water partition coefficient (Wildman–Crippen LogP) is 3.28. The smallest absolute Gasteiger partial charge is 0.206 e. The van der Waals surface area contributed by atoms with Gasteiger partial charge in [0.15, 0.2) is 11.5 Å². The molecule has 0 aromatic heterocycles. The first-order chi connectivity index (χ1) is 15.8. The number of aliphatic hydroxyl groups is 1. The van der Waals surface area contributed by atoms with E-state index in [1.807, 2.05) is 25.1 Å². The number of nitrogens with one attached hydrogen (secondary N) is 1. The van der Waals surface area contributed by atoms with Crippen molar-refractivity contribution < 1.29 is 27.7 Å². The molecule has 33 heavy (non-hydrogen) atoms. The van der Waals surface area contributed by atoms with Crippen LogP contribution in [0.1, 0.15) is 42.9 Å². The van der Waals surface area contributed by atoms with Gasteiger partial charge in [-0.2, -0.15) is 0 Å². The molecule has 2 heterocycles. The SMILES string of the molecule is CCOc1cc([C@@H](CS(C)(=O)=O)N2c3cccc(C4CCOCC4)c3NC2O)ccc1OC. The Balaban J connectivity index is 1.78. The molecule has 2 N–H and O–H groups in total. The van der Waals surface area contributed by atoms with Gasteiger partial charge in [-0.1, -0.05) is 18.2 Å². The molecule has 2 aromatic carbocycles. The summed E-state index contributed by atoms with van der Waals surface area (Å²) < 4.78 is 41.5. The number of hydrogen-bond donors (Lipinski definition) is 2. The second kappa shape index (κ2) is 9.79. The number of hydrogen-bond acceptors (Lipinski definition) is 8. The fourth-order valence-electron chi connectivity index (χ4n) is 4.74. The van der Waals surface area contributed by atoms with E-state index in [9.17, 15) is 13.5 Å². The van der Waals surface area contributed by atoms with Crippen LogP contribution in [0, 0.1) is 0 Å². The maximum absolute atomic E-state index is 12.4. The van der Waals surface area contributed by atoms with E-state index in [0.29, 0.717) is 37.2 Å². The average Bonchev–Trinajstić information content (AvgIpc) is 3.13. The van der Waals surface area contributed by atoms with Gasteiger partial charge < -0.3 is 29.5 Å².